The van der Waals surface area contributed by atoms with E-state index in [-0.39, 0.29) is 5.91 Å². The summed E-state index contributed by atoms with van der Waals surface area (Å²) in [6, 6.07) is 8.54. The summed E-state index contributed by atoms with van der Waals surface area (Å²) in [7, 11) is 0. The van der Waals surface area contributed by atoms with Gasteiger partial charge in [-0.25, -0.2) is 9.97 Å². The highest BCUT2D eigenvalue weighted by molar-refractivity contribution is 5.94. The molecule has 3 rings (SSSR count). The van der Waals surface area contributed by atoms with E-state index in [1.807, 2.05) is 13.8 Å². The van der Waals surface area contributed by atoms with Crippen LogP contribution in [0.4, 0.5) is 0 Å². The Kier molecular flexibility index (Phi) is 5.43. The minimum absolute atomic E-state index is 0.0742. The number of carbonyl (C=O) groups is 1. The number of nitrogens with zero attached hydrogens (tertiary/aromatic N) is 3. The number of benzene rings is 1. The van der Waals surface area contributed by atoms with Crippen LogP contribution < -0.4 is 5.32 Å². The van der Waals surface area contributed by atoms with Crippen LogP contribution in [-0.4, -0.2) is 40.4 Å². The third-order valence-electron chi connectivity index (χ3n) is 4.92. The molecule has 1 fully saturated rings. The molecule has 1 aromatic carbocycles. The second-order valence-electron chi connectivity index (χ2n) is 6.94. The Morgan fingerprint density at radius 1 is 1.28 bits per heavy atom. The fourth-order valence-corrected chi connectivity index (χ4v) is 3.39. The van der Waals surface area contributed by atoms with E-state index in [9.17, 15) is 4.79 Å². The number of hydrogen-bond donors (Lipinski definition) is 1. The Bertz CT molecular complexity index is 759. The van der Waals surface area contributed by atoms with Gasteiger partial charge in [0, 0.05) is 25.8 Å². The van der Waals surface area contributed by atoms with Crippen LogP contribution >= 0.6 is 0 Å². The molecular formula is C20H26N4O. The van der Waals surface area contributed by atoms with E-state index in [2.05, 4.69) is 51.4 Å². The molecule has 2 heterocycles. The highest BCUT2D eigenvalue weighted by atomic mass is 16.1. The molecule has 1 atom stereocenters. The van der Waals surface area contributed by atoms with Crippen LogP contribution in [0.5, 0.6) is 0 Å². The lowest BCUT2D eigenvalue weighted by molar-refractivity contribution is 0.0946. The summed E-state index contributed by atoms with van der Waals surface area (Å²) in [6.07, 6.45) is 2.74. The summed E-state index contributed by atoms with van der Waals surface area (Å²) in [5.41, 5.74) is 4.03. The van der Waals surface area contributed by atoms with Crippen molar-refractivity contribution in [2.75, 3.05) is 19.6 Å². The van der Waals surface area contributed by atoms with Crippen molar-refractivity contribution in [1.29, 1.82) is 0 Å². The molecule has 1 aliphatic rings. The summed E-state index contributed by atoms with van der Waals surface area (Å²) in [5, 5.41) is 3.05. The van der Waals surface area contributed by atoms with Crippen LogP contribution in [0.2, 0.25) is 0 Å². The number of amides is 1. The highest BCUT2D eigenvalue weighted by Crippen LogP contribution is 2.19. The van der Waals surface area contributed by atoms with Gasteiger partial charge >= 0.3 is 0 Å². The molecule has 1 saturated heterocycles. The van der Waals surface area contributed by atoms with E-state index in [1.165, 1.54) is 11.1 Å². The molecule has 5 heteroatoms. The predicted molar refractivity (Wildman–Crippen MR) is 98.4 cm³/mol. The van der Waals surface area contributed by atoms with Gasteiger partial charge < -0.3 is 5.32 Å². The maximum Gasteiger partial charge on any atom is 0.254 e. The maximum atomic E-state index is 12.3. The van der Waals surface area contributed by atoms with E-state index < -0.39 is 0 Å². The summed E-state index contributed by atoms with van der Waals surface area (Å²) in [5.74, 6) is 1.12. The molecule has 25 heavy (non-hydrogen) atoms. The molecule has 0 radical (unpaired) electrons. The Hall–Kier alpha value is -2.27. The van der Waals surface area contributed by atoms with Crippen molar-refractivity contribution >= 4 is 5.91 Å². The standard InChI is InChI=1S/C20H26N4O/c1-14-6-4-5-7-18(14)13-24-9-8-17(12-24)10-22-20(25)19-11-21-16(3)23-15(19)2/h4-7,11,17H,8-10,12-13H2,1-3H3,(H,22,25). The Balaban J connectivity index is 1.50. The monoisotopic (exact) mass is 338 g/mol. The molecule has 1 unspecified atom stereocenters. The van der Waals surface area contributed by atoms with E-state index in [4.69, 9.17) is 0 Å². The van der Waals surface area contributed by atoms with Crippen molar-refractivity contribution in [2.24, 2.45) is 5.92 Å². The Morgan fingerprint density at radius 3 is 2.84 bits per heavy atom. The summed E-state index contributed by atoms with van der Waals surface area (Å²) >= 11 is 0. The number of nitrogens with one attached hydrogen (secondary N) is 1. The first-order valence-electron chi connectivity index (χ1n) is 8.88. The van der Waals surface area contributed by atoms with E-state index in [0.29, 0.717) is 23.9 Å². The molecular weight excluding hydrogens is 312 g/mol. The van der Waals surface area contributed by atoms with Gasteiger partial charge in [0.2, 0.25) is 0 Å². The first kappa shape index (κ1) is 17.5. The highest BCUT2D eigenvalue weighted by Gasteiger charge is 2.23. The van der Waals surface area contributed by atoms with Crippen LogP contribution in [0.3, 0.4) is 0 Å². The lowest BCUT2D eigenvalue weighted by Gasteiger charge is -2.17. The van der Waals surface area contributed by atoms with Crippen LogP contribution in [0.1, 0.15) is 39.4 Å². The minimum Gasteiger partial charge on any atom is -0.352 e. The quantitative estimate of drug-likeness (QED) is 0.910. The molecule has 0 saturated carbocycles. The van der Waals surface area contributed by atoms with Gasteiger partial charge in [-0.3, -0.25) is 9.69 Å². The third-order valence-corrected chi connectivity index (χ3v) is 4.92. The zero-order valence-corrected chi connectivity index (χ0v) is 15.2. The fourth-order valence-electron chi connectivity index (χ4n) is 3.39. The first-order chi connectivity index (χ1) is 12.0. The average Bonchev–Trinajstić information content (AvgIpc) is 3.02. The zero-order valence-electron chi connectivity index (χ0n) is 15.2. The smallest absolute Gasteiger partial charge is 0.254 e. The zero-order chi connectivity index (χ0) is 17.8. The van der Waals surface area contributed by atoms with Crippen LogP contribution in [-0.2, 0) is 6.54 Å². The maximum absolute atomic E-state index is 12.3. The van der Waals surface area contributed by atoms with Gasteiger partial charge in [0.1, 0.15) is 5.82 Å². The van der Waals surface area contributed by atoms with Crippen molar-refractivity contribution in [2.45, 2.75) is 33.7 Å². The number of rotatable bonds is 5. The van der Waals surface area contributed by atoms with Gasteiger partial charge in [0.05, 0.1) is 11.3 Å². The van der Waals surface area contributed by atoms with E-state index in [1.54, 1.807) is 6.20 Å². The Labute approximate surface area is 149 Å². The molecule has 5 nitrogen and oxygen atoms in total. The van der Waals surface area contributed by atoms with Crippen molar-refractivity contribution < 1.29 is 4.79 Å². The van der Waals surface area contributed by atoms with Gasteiger partial charge in [-0.05, 0) is 50.8 Å². The molecule has 1 aliphatic heterocycles. The van der Waals surface area contributed by atoms with Gasteiger partial charge in [-0.1, -0.05) is 24.3 Å². The number of likely N-dealkylation sites (tertiary alicyclic amines) is 1. The number of hydrogen-bond acceptors (Lipinski definition) is 4. The molecule has 0 aliphatic carbocycles. The molecule has 132 valence electrons. The largest absolute Gasteiger partial charge is 0.352 e. The average molecular weight is 338 g/mol. The predicted octanol–water partition coefficient (Wildman–Crippen LogP) is 2.65. The second kappa shape index (κ2) is 7.74. The molecule has 1 aromatic heterocycles. The third kappa shape index (κ3) is 4.42. The summed E-state index contributed by atoms with van der Waals surface area (Å²) in [4.78, 5) is 23.2. The van der Waals surface area contributed by atoms with Crippen LogP contribution in [0, 0.1) is 26.7 Å². The number of carbonyl (C=O) groups excluding carboxylic acids is 1. The van der Waals surface area contributed by atoms with Gasteiger partial charge in [0.25, 0.3) is 5.91 Å². The SMILES string of the molecule is Cc1ncc(C(=O)NCC2CCN(Cc3ccccc3C)C2)c(C)n1. The van der Waals surface area contributed by atoms with Crippen molar-refractivity contribution in [3.8, 4) is 0 Å². The van der Waals surface area contributed by atoms with Gasteiger partial charge in [0.15, 0.2) is 0 Å². The molecule has 1 amide bonds. The summed E-state index contributed by atoms with van der Waals surface area (Å²) < 4.78 is 0. The van der Waals surface area contributed by atoms with Crippen molar-refractivity contribution in [3.05, 3.63) is 58.7 Å². The lowest BCUT2D eigenvalue weighted by atomic mass is 10.1. The minimum atomic E-state index is -0.0742. The van der Waals surface area contributed by atoms with Crippen LogP contribution in [0.15, 0.2) is 30.5 Å². The molecule has 2 aromatic rings. The van der Waals surface area contributed by atoms with Crippen molar-refractivity contribution in [3.63, 3.8) is 0 Å². The Morgan fingerprint density at radius 2 is 2.08 bits per heavy atom. The van der Waals surface area contributed by atoms with Gasteiger partial charge in [-0.15, -0.1) is 0 Å². The fraction of sp³-hybridized carbons (Fsp3) is 0.450. The topological polar surface area (TPSA) is 58.1 Å². The number of aryl methyl sites for hydroxylation is 3. The lowest BCUT2D eigenvalue weighted by Crippen LogP contribution is -2.31. The van der Waals surface area contributed by atoms with Gasteiger partial charge in [-0.2, -0.15) is 0 Å². The van der Waals surface area contributed by atoms with E-state index >= 15 is 0 Å². The normalized spacial score (nSPS) is 17.6. The molecule has 0 spiro atoms. The molecule has 1 N–H and O–H groups in total. The van der Waals surface area contributed by atoms with Crippen LogP contribution in [0.25, 0.3) is 0 Å². The van der Waals surface area contributed by atoms with E-state index in [0.717, 1.165) is 31.7 Å². The molecule has 0 bridgehead atoms. The first-order valence-corrected chi connectivity index (χ1v) is 8.88. The van der Waals surface area contributed by atoms with Crippen molar-refractivity contribution in [1.82, 2.24) is 20.2 Å². The second-order valence-corrected chi connectivity index (χ2v) is 6.94. The number of aromatic nitrogens is 2. The summed E-state index contributed by atoms with van der Waals surface area (Å²) in [6.45, 7) is 9.65.